The van der Waals surface area contributed by atoms with Crippen LogP contribution in [0.2, 0.25) is 0 Å². The molecule has 2 amide bonds. The summed E-state index contributed by atoms with van der Waals surface area (Å²) in [5, 5.41) is 5.03. The quantitative estimate of drug-likeness (QED) is 0.757. The van der Waals surface area contributed by atoms with E-state index in [1.54, 1.807) is 30.2 Å². The normalized spacial score (nSPS) is 13.8. The molecule has 1 heterocycles. The first-order valence-corrected chi connectivity index (χ1v) is 8.94. The van der Waals surface area contributed by atoms with E-state index in [1.807, 2.05) is 42.5 Å². The maximum atomic E-state index is 12.7. The van der Waals surface area contributed by atoms with Crippen molar-refractivity contribution >= 4 is 34.0 Å². The molecule has 27 heavy (non-hydrogen) atoms. The van der Waals surface area contributed by atoms with E-state index < -0.39 is 0 Å². The van der Waals surface area contributed by atoms with Gasteiger partial charge in [0.15, 0.2) is 0 Å². The van der Waals surface area contributed by atoms with Crippen LogP contribution in [-0.4, -0.2) is 25.5 Å². The van der Waals surface area contributed by atoms with Gasteiger partial charge in [-0.1, -0.05) is 30.3 Å². The van der Waals surface area contributed by atoms with Crippen LogP contribution in [0.15, 0.2) is 60.7 Å². The Morgan fingerprint density at radius 2 is 1.85 bits per heavy atom. The summed E-state index contributed by atoms with van der Waals surface area (Å²) in [4.78, 5) is 26.5. The number of methoxy groups -OCH3 is 1. The molecule has 0 saturated carbocycles. The Morgan fingerprint density at radius 1 is 1.04 bits per heavy atom. The van der Waals surface area contributed by atoms with Gasteiger partial charge in [0.2, 0.25) is 5.91 Å². The van der Waals surface area contributed by atoms with Gasteiger partial charge in [0, 0.05) is 24.2 Å². The van der Waals surface area contributed by atoms with Crippen LogP contribution in [0.25, 0.3) is 10.8 Å². The van der Waals surface area contributed by atoms with Gasteiger partial charge in [-0.3, -0.25) is 9.59 Å². The number of benzene rings is 3. The summed E-state index contributed by atoms with van der Waals surface area (Å²) in [5.41, 5.74) is 1.91. The van der Waals surface area contributed by atoms with Crippen LogP contribution >= 0.6 is 0 Å². The molecule has 1 aliphatic rings. The van der Waals surface area contributed by atoms with Gasteiger partial charge in [-0.25, -0.2) is 0 Å². The van der Waals surface area contributed by atoms with Crippen molar-refractivity contribution in [2.75, 3.05) is 23.9 Å². The lowest BCUT2D eigenvalue weighted by Gasteiger charge is -2.20. The van der Waals surface area contributed by atoms with Crippen molar-refractivity contribution in [2.24, 2.45) is 0 Å². The van der Waals surface area contributed by atoms with Gasteiger partial charge in [-0.05, 0) is 47.5 Å². The Balaban J connectivity index is 1.61. The maximum Gasteiger partial charge on any atom is 0.255 e. The third kappa shape index (κ3) is 3.36. The fraction of sp³-hybridized carbons (Fsp3) is 0.182. The molecule has 5 heteroatoms. The van der Waals surface area contributed by atoms with E-state index in [9.17, 15) is 9.59 Å². The molecule has 0 bridgehead atoms. The van der Waals surface area contributed by atoms with Crippen LogP contribution in [-0.2, 0) is 4.79 Å². The predicted octanol–water partition coefficient (Wildman–Crippen LogP) is 4.23. The molecular weight excluding hydrogens is 340 g/mol. The first-order chi connectivity index (χ1) is 13.2. The van der Waals surface area contributed by atoms with Gasteiger partial charge in [-0.2, -0.15) is 0 Å². The molecule has 0 atom stereocenters. The average Bonchev–Trinajstić information content (AvgIpc) is 3.13. The Kier molecular flexibility index (Phi) is 4.50. The molecule has 0 spiro atoms. The van der Waals surface area contributed by atoms with Crippen molar-refractivity contribution in [2.45, 2.75) is 12.8 Å². The Hall–Kier alpha value is -3.34. The van der Waals surface area contributed by atoms with Crippen LogP contribution in [0.3, 0.4) is 0 Å². The Morgan fingerprint density at radius 3 is 2.59 bits per heavy atom. The van der Waals surface area contributed by atoms with E-state index in [0.717, 1.165) is 17.2 Å². The lowest BCUT2D eigenvalue weighted by Crippen LogP contribution is -2.24. The molecule has 0 unspecified atom stereocenters. The molecule has 136 valence electrons. The van der Waals surface area contributed by atoms with Gasteiger partial charge < -0.3 is 15.0 Å². The molecule has 1 aliphatic heterocycles. The van der Waals surface area contributed by atoms with Crippen LogP contribution in [0.4, 0.5) is 11.4 Å². The summed E-state index contributed by atoms with van der Waals surface area (Å²) in [6.07, 6.45) is 1.37. The molecule has 3 aromatic carbocycles. The molecule has 3 aromatic rings. The molecule has 4 rings (SSSR count). The number of carbonyl (C=O) groups excluding carboxylic acids is 2. The summed E-state index contributed by atoms with van der Waals surface area (Å²) in [6, 6.07) is 18.9. The minimum atomic E-state index is -0.190. The summed E-state index contributed by atoms with van der Waals surface area (Å²) in [6.45, 7) is 0.664. The summed E-state index contributed by atoms with van der Waals surface area (Å²) in [7, 11) is 1.58. The van der Waals surface area contributed by atoms with Gasteiger partial charge in [0.25, 0.3) is 5.91 Å². The van der Waals surface area contributed by atoms with Gasteiger partial charge in [0.05, 0.1) is 12.8 Å². The number of carbonyl (C=O) groups is 2. The van der Waals surface area contributed by atoms with Crippen molar-refractivity contribution in [3.8, 4) is 5.75 Å². The fourth-order valence-electron chi connectivity index (χ4n) is 3.42. The number of nitrogens with zero attached hydrogens (tertiary/aromatic N) is 1. The topological polar surface area (TPSA) is 58.6 Å². The van der Waals surface area contributed by atoms with Crippen molar-refractivity contribution < 1.29 is 14.3 Å². The molecule has 0 aromatic heterocycles. The molecule has 1 N–H and O–H groups in total. The fourth-order valence-corrected chi connectivity index (χ4v) is 3.42. The highest BCUT2D eigenvalue weighted by Gasteiger charge is 2.25. The maximum absolute atomic E-state index is 12.7. The van der Waals surface area contributed by atoms with Crippen LogP contribution in [0, 0.1) is 0 Å². The number of ether oxygens (including phenoxy) is 1. The zero-order valence-electron chi connectivity index (χ0n) is 15.1. The largest absolute Gasteiger partial charge is 0.495 e. The van der Waals surface area contributed by atoms with Gasteiger partial charge >= 0.3 is 0 Å². The number of anilines is 2. The minimum absolute atomic E-state index is 0.0753. The number of hydrogen-bond acceptors (Lipinski definition) is 3. The van der Waals surface area contributed by atoms with Gasteiger partial charge in [0.1, 0.15) is 5.75 Å². The highest BCUT2D eigenvalue weighted by molar-refractivity contribution is 6.07. The van der Waals surface area contributed by atoms with Crippen molar-refractivity contribution in [1.82, 2.24) is 0 Å². The van der Waals surface area contributed by atoms with Crippen LogP contribution in [0.1, 0.15) is 23.2 Å². The monoisotopic (exact) mass is 360 g/mol. The van der Waals surface area contributed by atoms with E-state index in [-0.39, 0.29) is 11.8 Å². The van der Waals surface area contributed by atoms with Gasteiger partial charge in [-0.15, -0.1) is 0 Å². The third-order valence-corrected chi connectivity index (χ3v) is 4.81. The SMILES string of the molecule is COc1ccc(NC(=O)c2ccc3ccccc3c2)cc1N1CCCC1=O. The summed E-state index contributed by atoms with van der Waals surface area (Å²) < 4.78 is 5.39. The molecule has 1 fully saturated rings. The lowest BCUT2D eigenvalue weighted by atomic mass is 10.1. The van der Waals surface area contributed by atoms with Crippen LogP contribution < -0.4 is 15.0 Å². The molecule has 1 saturated heterocycles. The number of rotatable bonds is 4. The zero-order chi connectivity index (χ0) is 18.8. The molecule has 0 aliphatic carbocycles. The third-order valence-electron chi connectivity index (χ3n) is 4.81. The first-order valence-electron chi connectivity index (χ1n) is 8.94. The average molecular weight is 360 g/mol. The Labute approximate surface area is 157 Å². The van der Waals surface area contributed by atoms with Crippen molar-refractivity contribution in [3.63, 3.8) is 0 Å². The number of hydrogen-bond donors (Lipinski definition) is 1. The van der Waals surface area contributed by atoms with E-state index >= 15 is 0 Å². The number of amides is 2. The van der Waals surface area contributed by atoms with E-state index in [2.05, 4.69) is 5.32 Å². The smallest absolute Gasteiger partial charge is 0.255 e. The summed E-state index contributed by atoms with van der Waals surface area (Å²) >= 11 is 0. The summed E-state index contributed by atoms with van der Waals surface area (Å²) in [5.74, 6) is 0.505. The second-order valence-corrected chi connectivity index (χ2v) is 6.55. The molecule has 0 radical (unpaired) electrons. The number of nitrogens with one attached hydrogen (secondary N) is 1. The molecular formula is C22H20N2O3. The predicted molar refractivity (Wildman–Crippen MR) is 106 cm³/mol. The van der Waals surface area contributed by atoms with E-state index in [1.165, 1.54) is 0 Å². The highest BCUT2D eigenvalue weighted by Crippen LogP contribution is 2.34. The molecule has 5 nitrogen and oxygen atoms in total. The van der Waals surface area contributed by atoms with Crippen molar-refractivity contribution in [3.05, 3.63) is 66.2 Å². The first kappa shape index (κ1) is 17.1. The van der Waals surface area contributed by atoms with E-state index in [0.29, 0.717) is 35.7 Å². The standard InChI is InChI=1S/C22H20N2O3/c1-27-20-11-10-18(14-19(20)24-12-4-7-21(24)25)23-22(26)17-9-8-15-5-2-3-6-16(15)13-17/h2-3,5-6,8-11,13-14H,4,7,12H2,1H3,(H,23,26). The zero-order valence-corrected chi connectivity index (χ0v) is 15.1. The minimum Gasteiger partial charge on any atom is -0.495 e. The second kappa shape index (κ2) is 7.11. The van der Waals surface area contributed by atoms with Crippen LogP contribution in [0.5, 0.6) is 5.75 Å². The van der Waals surface area contributed by atoms with E-state index in [4.69, 9.17) is 4.74 Å². The number of fused-ring (bicyclic) bond motifs is 1. The van der Waals surface area contributed by atoms with Crippen molar-refractivity contribution in [1.29, 1.82) is 0 Å². The Bertz CT molecular complexity index is 1030. The lowest BCUT2D eigenvalue weighted by molar-refractivity contribution is -0.117. The second-order valence-electron chi connectivity index (χ2n) is 6.55. The highest BCUT2D eigenvalue weighted by atomic mass is 16.5.